The Morgan fingerprint density at radius 3 is 2.56 bits per heavy atom. The zero-order valence-electron chi connectivity index (χ0n) is 16.0. The molecule has 0 radical (unpaired) electrons. The molecule has 0 saturated carbocycles. The highest BCUT2D eigenvalue weighted by molar-refractivity contribution is 5.84. The molecule has 1 fully saturated rings. The van der Waals surface area contributed by atoms with Crippen molar-refractivity contribution in [1.82, 2.24) is 15.5 Å². The van der Waals surface area contributed by atoms with E-state index in [2.05, 4.69) is 10.6 Å². The number of nitrogens with one attached hydrogen (secondary N) is 2. The Morgan fingerprint density at radius 2 is 1.93 bits per heavy atom. The molecule has 1 aromatic carbocycles. The Labute approximate surface area is 160 Å². The Kier molecular flexibility index (Phi) is 7.64. The number of aliphatic carboxylic acids is 1. The summed E-state index contributed by atoms with van der Waals surface area (Å²) in [7, 11) is 0. The molecule has 148 valence electrons. The molecule has 2 atom stereocenters. The molecule has 0 bridgehead atoms. The first-order chi connectivity index (χ1) is 12.9. The van der Waals surface area contributed by atoms with Gasteiger partial charge in [-0.3, -0.25) is 4.79 Å². The van der Waals surface area contributed by atoms with Crippen molar-refractivity contribution in [2.75, 3.05) is 19.6 Å². The zero-order chi connectivity index (χ0) is 19.8. The molecule has 1 unspecified atom stereocenters. The van der Waals surface area contributed by atoms with Gasteiger partial charge < -0.3 is 20.6 Å². The van der Waals surface area contributed by atoms with Crippen molar-refractivity contribution in [1.29, 1.82) is 0 Å². The first-order valence-electron chi connectivity index (χ1n) is 9.46. The topological polar surface area (TPSA) is 98.7 Å². The van der Waals surface area contributed by atoms with E-state index in [9.17, 15) is 19.5 Å². The minimum absolute atomic E-state index is 0.0359. The normalized spacial score (nSPS) is 18.0. The van der Waals surface area contributed by atoms with Crippen LogP contribution < -0.4 is 10.6 Å². The van der Waals surface area contributed by atoms with Gasteiger partial charge in [0.25, 0.3) is 0 Å². The molecule has 1 heterocycles. The van der Waals surface area contributed by atoms with Gasteiger partial charge >= 0.3 is 12.0 Å². The number of rotatable bonds is 7. The third-order valence-corrected chi connectivity index (χ3v) is 4.63. The van der Waals surface area contributed by atoms with Gasteiger partial charge in [-0.05, 0) is 30.2 Å². The molecule has 1 saturated heterocycles. The molecule has 0 aromatic heterocycles. The molecule has 1 aliphatic heterocycles. The number of carboxylic acid groups (broad SMARTS) is 1. The molecule has 0 spiro atoms. The minimum atomic E-state index is -1.09. The summed E-state index contributed by atoms with van der Waals surface area (Å²) < 4.78 is 0. The van der Waals surface area contributed by atoms with Crippen LogP contribution in [-0.4, -0.2) is 47.5 Å². The van der Waals surface area contributed by atoms with Crippen LogP contribution in [0.5, 0.6) is 0 Å². The van der Waals surface area contributed by atoms with E-state index in [4.69, 9.17) is 0 Å². The number of benzene rings is 1. The summed E-state index contributed by atoms with van der Waals surface area (Å²) in [5, 5.41) is 14.9. The summed E-state index contributed by atoms with van der Waals surface area (Å²) in [5.41, 5.74) is 0.539. The summed E-state index contributed by atoms with van der Waals surface area (Å²) in [6, 6.07) is 7.49. The predicted octanol–water partition coefficient (Wildman–Crippen LogP) is 2.40. The largest absolute Gasteiger partial charge is 0.479 e. The Hall–Kier alpha value is -2.57. The lowest BCUT2D eigenvalue weighted by atomic mass is 9.94. The molecule has 7 nitrogen and oxygen atoms in total. The second-order valence-electron chi connectivity index (χ2n) is 7.49. The highest BCUT2D eigenvalue weighted by atomic mass is 16.4. The van der Waals surface area contributed by atoms with Crippen molar-refractivity contribution in [2.45, 2.75) is 39.2 Å². The first-order valence-corrected chi connectivity index (χ1v) is 9.46. The fraction of sp³-hybridized carbons (Fsp3) is 0.550. The van der Waals surface area contributed by atoms with Gasteiger partial charge in [0.15, 0.2) is 6.04 Å². The third-order valence-electron chi connectivity index (χ3n) is 4.63. The van der Waals surface area contributed by atoms with Crippen molar-refractivity contribution >= 4 is 17.9 Å². The van der Waals surface area contributed by atoms with E-state index in [0.29, 0.717) is 31.1 Å². The van der Waals surface area contributed by atoms with Gasteiger partial charge in [-0.15, -0.1) is 0 Å². The summed E-state index contributed by atoms with van der Waals surface area (Å²) in [4.78, 5) is 37.9. The number of carbonyl (C=O) groups is 3. The number of carbonyl (C=O) groups excluding carboxylic acids is 2. The van der Waals surface area contributed by atoms with Crippen molar-refractivity contribution in [2.24, 2.45) is 11.8 Å². The van der Waals surface area contributed by atoms with Crippen LogP contribution in [0.3, 0.4) is 0 Å². The van der Waals surface area contributed by atoms with Gasteiger partial charge in [0.2, 0.25) is 5.91 Å². The summed E-state index contributed by atoms with van der Waals surface area (Å²) in [6.07, 6.45) is 1.91. The number of hydrogen-bond donors (Lipinski definition) is 3. The molecular formula is C20H29N3O4. The fourth-order valence-corrected chi connectivity index (χ4v) is 3.23. The average Bonchev–Trinajstić information content (AvgIpc) is 2.64. The Balaban J connectivity index is 1.88. The number of carboxylic acids is 1. The van der Waals surface area contributed by atoms with E-state index in [1.807, 2.05) is 13.8 Å². The van der Waals surface area contributed by atoms with E-state index >= 15 is 0 Å². The summed E-state index contributed by atoms with van der Waals surface area (Å²) >= 11 is 0. The predicted molar refractivity (Wildman–Crippen MR) is 102 cm³/mol. The zero-order valence-corrected chi connectivity index (χ0v) is 16.0. The van der Waals surface area contributed by atoms with Gasteiger partial charge in [0, 0.05) is 26.1 Å². The molecule has 1 aromatic rings. The van der Waals surface area contributed by atoms with Crippen LogP contribution >= 0.6 is 0 Å². The number of hydrogen-bond acceptors (Lipinski definition) is 3. The SMILES string of the molecule is CC(C)CNC(=O)N1CCCC(CC(=O)N[C@@H](C(=O)O)c2ccccc2)C1. The van der Waals surface area contributed by atoms with Crippen LogP contribution in [0, 0.1) is 11.8 Å². The van der Waals surface area contributed by atoms with Crippen LogP contribution in [0.4, 0.5) is 4.79 Å². The monoisotopic (exact) mass is 375 g/mol. The van der Waals surface area contributed by atoms with Crippen LogP contribution in [-0.2, 0) is 9.59 Å². The van der Waals surface area contributed by atoms with E-state index in [-0.39, 0.29) is 24.3 Å². The molecule has 1 aliphatic rings. The van der Waals surface area contributed by atoms with E-state index in [1.165, 1.54) is 0 Å². The maximum absolute atomic E-state index is 12.4. The first kappa shape index (κ1) is 20.7. The van der Waals surface area contributed by atoms with Crippen LogP contribution in [0.2, 0.25) is 0 Å². The number of nitrogens with zero attached hydrogens (tertiary/aromatic N) is 1. The lowest BCUT2D eigenvalue weighted by molar-refractivity contribution is -0.142. The lowest BCUT2D eigenvalue weighted by Crippen LogP contribution is -2.47. The third kappa shape index (κ3) is 6.58. The van der Waals surface area contributed by atoms with Gasteiger partial charge in [-0.25, -0.2) is 9.59 Å². The van der Waals surface area contributed by atoms with Gasteiger partial charge in [0.05, 0.1) is 0 Å². The summed E-state index contributed by atoms with van der Waals surface area (Å²) in [5.74, 6) is -0.978. The molecule has 0 aliphatic carbocycles. The summed E-state index contributed by atoms with van der Waals surface area (Å²) in [6.45, 7) is 5.90. The number of urea groups is 1. The smallest absolute Gasteiger partial charge is 0.330 e. The highest BCUT2D eigenvalue weighted by Crippen LogP contribution is 2.21. The van der Waals surface area contributed by atoms with Gasteiger partial charge in [0.1, 0.15) is 0 Å². The quantitative estimate of drug-likeness (QED) is 0.681. The van der Waals surface area contributed by atoms with Crippen molar-refractivity contribution in [3.63, 3.8) is 0 Å². The molecule has 2 rings (SSSR count). The minimum Gasteiger partial charge on any atom is -0.479 e. The molecule has 3 amide bonds. The lowest BCUT2D eigenvalue weighted by Gasteiger charge is -2.33. The van der Waals surface area contributed by atoms with E-state index < -0.39 is 12.0 Å². The molecular weight excluding hydrogens is 346 g/mol. The average molecular weight is 375 g/mol. The number of amides is 3. The highest BCUT2D eigenvalue weighted by Gasteiger charge is 2.27. The van der Waals surface area contributed by atoms with Gasteiger partial charge in [-0.1, -0.05) is 44.2 Å². The van der Waals surface area contributed by atoms with Crippen molar-refractivity contribution < 1.29 is 19.5 Å². The standard InChI is InChI=1S/C20H29N3O4/c1-14(2)12-21-20(27)23-10-6-7-15(13-23)11-17(24)22-18(19(25)26)16-8-4-3-5-9-16/h3-5,8-9,14-15,18H,6-7,10-13H2,1-2H3,(H,21,27)(H,22,24)(H,25,26)/t15?,18-/m1/s1. The number of piperidine rings is 1. The Morgan fingerprint density at radius 1 is 1.22 bits per heavy atom. The maximum Gasteiger partial charge on any atom is 0.330 e. The van der Waals surface area contributed by atoms with Crippen molar-refractivity contribution in [3.05, 3.63) is 35.9 Å². The molecule has 7 heteroatoms. The molecule has 3 N–H and O–H groups in total. The van der Waals surface area contributed by atoms with Crippen LogP contribution in [0.15, 0.2) is 30.3 Å². The molecule has 27 heavy (non-hydrogen) atoms. The van der Waals surface area contributed by atoms with Gasteiger partial charge in [-0.2, -0.15) is 0 Å². The second-order valence-corrected chi connectivity index (χ2v) is 7.49. The van der Waals surface area contributed by atoms with Crippen LogP contribution in [0.1, 0.15) is 44.7 Å². The van der Waals surface area contributed by atoms with Crippen LogP contribution in [0.25, 0.3) is 0 Å². The maximum atomic E-state index is 12.4. The van der Waals surface area contributed by atoms with Crippen molar-refractivity contribution in [3.8, 4) is 0 Å². The second kappa shape index (κ2) is 9.94. The van der Waals surface area contributed by atoms with E-state index in [0.717, 1.165) is 12.8 Å². The fourth-order valence-electron chi connectivity index (χ4n) is 3.23. The van der Waals surface area contributed by atoms with E-state index in [1.54, 1.807) is 35.2 Å². The number of likely N-dealkylation sites (tertiary alicyclic amines) is 1. The Bertz CT molecular complexity index is 648.